The fourth-order valence-electron chi connectivity index (χ4n) is 1.68. The molecule has 0 bridgehead atoms. The van der Waals surface area contributed by atoms with Gasteiger partial charge < -0.3 is 9.84 Å². The Morgan fingerprint density at radius 3 is 2.63 bits per heavy atom. The van der Waals surface area contributed by atoms with Crippen LogP contribution in [-0.2, 0) is 19.6 Å². The average molecular weight is 346 g/mol. The lowest BCUT2D eigenvalue weighted by molar-refractivity contribution is -0.144. The highest BCUT2D eigenvalue weighted by molar-refractivity contribution is 7.90. The Balaban J connectivity index is 2.36. The molecule has 0 saturated carbocycles. The monoisotopic (exact) mass is 345 g/mol. The molecule has 6 nitrogen and oxygen atoms in total. The summed E-state index contributed by atoms with van der Waals surface area (Å²) in [7, 11) is -4.07. The third-order valence-electron chi connectivity index (χ3n) is 2.68. The molecule has 19 heavy (non-hydrogen) atoms. The second-order valence-corrected chi connectivity index (χ2v) is 7.92. The number of carboxylic acid groups (broad SMARTS) is 1. The van der Waals surface area contributed by atoms with E-state index in [-0.39, 0.29) is 33.2 Å². The van der Waals surface area contributed by atoms with E-state index in [4.69, 9.17) is 27.9 Å². The molecule has 1 aliphatic rings. The normalized spacial score (nSPS) is 23.7. The molecule has 1 saturated heterocycles. The number of carboxylic acids is 1. The van der Waals surface area contributed by atoms with Gasteiger partial charge in [-0.1, -0.05) is 23.2 Å². The summed E-state index contributed by atoms with van der Waals surface area (Å²) in [6.45, 7) is -0.0516. The van der Waals surface area contributed by atoms with Crippen molar-refractivity contribution in [3.63, 3.8) is 0 Å². The number of carbonyl (C=O) groups is 1. The van der Waals surface area contributed by atoms with E-state index < -0.39 is 21.5 Å². The van der Waals surface area contributed by atoms with Crippen molar-refractivity contribution in [3.05, 3.63) is 14.7 Å². The van der Waals surface area contributed by atoms with E-state index in [1.54, 1.807) is 0 Å². The lowest BCUT2D eigenvalue weighted by Crippen LogP contribution is -2.54. The van der Waals surface area contributed by atoms with Crippen LogP contribution in [0.2, 0.25) is 8.67 Å². The third kappa shape index (κ3) is 2.88. The molecule has 2 rings (SSSR count). The van der Waals surface area contributed by atoms with E-state index in [9.17, 15) is 18.3 Å². The Morgan fingerprint density at radius 1 is 1.53 bits per heavy atom. The van der Waals surface area contributed by atoms with Crippen molar-refractivity contribution < 1.29 is 23.1 Å². The minimum atomic E-state index is -4.07. The Bertz CT molecular complexity index is 606. The molecule has 0 aromatic carbocycles. The van der Waals surface area contributed by atoms with Crippen LogP contribution in [0, 0.1) is 0 Å². The molecule has 0 aliphatic carbocycles. The largest absolute Gasteiger partial charge is 0.480 e. The van der Waals surface area contributed by atoms with Crippen LogP contribution in [0.25, 0.3) is 0 Å². The van der Waals surface area contributed by atoms with E-state index in [2.05, 4.69) is 4.72 Å². The minimum Gasteiger partial charge on any atom is -0.480 e. The molecule has 2 N–H and O–H groups in total. The second kappa shape index (κ2) is 5.19. The van der Waals surface area contributed by atoms with Crippen molar-refractivity contribution in [2.75, 3.05) is 13.2 Å². The summed E-state index contributed by atoms with van der Waals surface area (Å²) in [5, 5.41) is 9.19. The second-order valence-electron chi connectivity index (χ2n) is 3.98. The van der Waals surface area contributed by atoms with Gasteiger partial charge in [0.15, 0.2) is 5.54 Å². The molecule has 1 fully saturated rings. The van der Waals surface area contributed by atoms with Gasteiger partial charge in [0, 0.05) is 13.0 Å². The first-order valence-electron chi connectivity index (χ1n) is 5.07. The zero-order valence-electron chi connectivity index (χ0n) is 9.35. The summed E-state index contributed by atoms with van der Waals surface area (Å²) in [5.41, 5.74) is -1.66. The molecule has 10 heteroatoms. The summed E-state index contributed by atoms with van der Waals surface area (Å²) in [5.74, 6) is -1.29. The lowest BCUT2D eigenvalue weighted by atomic mass is 10.0. The van der Waals surface area contributed by atoms with Gasteiger partial charge in [-0.25, -0.2) is 8.42 Å². The Kier molecular flexibility index (Phi) is 4.10. The number of nitrogens with one attached hydrogen (secondary N) is 1. The van der Waals surface area contributed by atoms with Gasteiger partial charge in [-0.3, -0.25) is 4.79 Å². The van der Waals surface area contributed by atoms with Gasteiger partial charge in [0.25, 0.3) is 0 Å². The van der Waals surface area contributed by atoms with E-state index in [0.29, 0.717) is 0 Å². The minimum absolute atomic E-state index is 0.0167. The fraction of sp³-hybridized carbons (Fsp3) is 0.444. The first-order valence-corrected chi connectivity index (χ1v) is 8.12. The maximum absolute atomic E-state index is 12.2. The summed E-state index contributed by atoms with van der Waals surface area (Å²) < 4.78 is 31.6. The summed E-state index contributed by atoms with van der Waals surface area (Å²) in [6.07, 6.45) is 0.0526. The number of sulfonamides is 1. The highest BCUT2D eigenvalue weighted by Crippen LogP contribution is 2.35. The summed E-state index contributed by atoms with van der Waals surface area (Å²) in [6, 6.07) is 1.18. The first-order chi connectivity index (χ1) is 8.77. The molecule has 0 spiro atoms. The Morgan fingerprint density at radius 2 is 2.21 bits per heavy atom. The van der Waals surface area contributed by atoms with Crippen LogP contribution in [-0.4, -0.2) is 38.2 Å². The van der Waals surface area contributed by atoms with E-state index in [0.717, 1.165) is 11.3 Å². The van der Waals surface area contributed by atoms with Crippen LogP contribution < -0.4 is 4.72 Å². The topological polar surface area (TPSA) is 92.7 Å². The van der Waals surface area contributed by atoms with Crippen LogP contribution >= 0.6 is 34.5 Å². The van der Waals surface area contributed by atoms with Gasteiger partial charge in [0.2, 0.25) is 10.0 Å². The molecule has 106 valence electrons. The van der Waals surface area contributed by atoms with Gasteiger partial charge in [-0.05, 0) is 6.07 Å². The smallest absolute Gasteiger partial charge is 0.327 e. The van der Waals surface area contributed by atoms with Gasteiger partial charge in [0.1, 0.15) is 9.23 Å². The quantitative estimate of drug-likeness (QED) is 0.863. The SMILES string of the molecule is O=C(O)C1(NS(=O)(=O)c2cc(Cl)sc2Cl)CCOC1. The van der Waals surface area contributed by atoms with Crippen LogP contribution in [0.5, 0.6) is 0 Å². The van der Waals surface area contributed by atoms with E-state index in [1.165, 1.54) is 6.07 Å². The molecule has 0 amide bonds. The number of aliphatic carboxylic acids is 1. The zero-order chi connectivity index (χ0) is 14.3. The van der Waals surface area contributed by atoms with Crippen molar-refractivity contribution in [3.8, 4) is 0 Å². The molecular weight excluding hydrogens is 337 g/mol. The number of hydrogen-bond acceptors (Lipinski definition) is 5. The van der Waals surface area contributed by atoms with Crippen LogP contribution in [0.4, 0.5) is 0 Å². The number of rotatable bonds is 4. The Hall–Kier alpha value is -0.380. The third-order valence-corrected chi connectivity index (χ3v) is 5.97. The highest BCUT2D eigenvalue weighted by atomic mass is 35.5. The molecule has 1 aliphatic heterocycles. The molecule has 0 radical (unpaired) electrons. The van der Waals surface area contributed by atoms with Crippen molar-refractivity contribution in [2.24, 2.45) is 0 Å². The summed E-state index contributed by atoms with van der Waals surface area (Å²) >= 11 is 12.4. The summed E-state index contributed by atoms with van der Waals surface area (Å²) in [4.78, 5) is 11.0. The van der Waals surface area contributed by atoms with Crippen molar-refractivity contribution in [1.29, 1.82) is 0 Å². The highest BCUT2D eigenvalue weighted by Gasteiger charge is 2.46. The first kappa shape index (κ1) is 15.0. The predicted molar refractivity (Wildman–Crippen MR) is 70.5 cm³/mol. The predicted octanol–water partition coefficient (Wildman–Crippen LogP) is 1.58. The maximum Gasteiger partial charge on any atom is 0.327 e. The van der Waals surface area contributed by atoms with Crippen molar-refractivity contribution in [2.45, 2.75) is 16.9 Å². The standard InChI is InChI=1S/C9H9Cl2NO5S2/c10-6-3-5(7(11)18-6)19(15,16)12-9(8(13)14)1-2-17-4-9/h3,12H,1-2,4H2,(H,13,14). The van der Waals surface area contributed by atoms with Gasteiger partial charge in [0.05, 0.1) is 10.9 Å². The van der Waals surface area contributed by atoms with E-state index >= 15 is 0 Å². The number of ether oxygens (including phenoxy) is 1. The van der Waals surface area contributed by atoms with Crippen LogP contribution in [0.1, 0.15) is 6.42 Å². The molecule has 1 aromatic rings. The Labute approximate surface area is 123 Å². The van der Waals surface area contributed by atoms with Crippen molar-refractivity contribution in [1.82, 2.24) is 4.72 Å². The van der Waals surface area contributed by atoms with Crippen LogP contribution in [0.15, 0.2) is 11.0 Å². The average Bonchev–Trinajstić information content (AvgIpc) is 2.86. The molecule has 2 heterocycles. The van der Waals surface area contributed by atoms with E-state index in [1.807, 2.05) is 0 Å². The zero-order valence-corrected chi connectivity index (χ0v) is 12.5. The van der Waals surface area contributed by atoms with Gasteiger partial charge in [-0.2, -0.15) is 4.72 Å². The molecule has 1 unspecified atom stereocenters. The molecular formula is C9H9Cl2NO5S2. The van der Waals surface area contributed by atoms with Crippen molar-refractivity contribution >= 4 is 50.5 Å². The fourth-order valence-corrected chi connectivity index (χ4v) is 5.20. The van der Waals surface area contributed by atoms with Crippen LogP contribution in [0.3, 0.4) is 0 Å². The van der Waals surface area contributed by atoms with Gasteiger partial charge in [-0.15, -0.1) is 11.3 Å². The molecule has 1 aromatic heterocycles. The number of halogens is 2. The molecule has 1 atom stereocenters. The number of thiophene rings is 1. The number of hydrogen-bond donors (Lipinski definition) is 2. The van der Waals surface area contributed by atoms with Gasteiger partial charge >= 0.3 is 5.97 Å². The lowest BCUT2D eigenvalue weighted by Gasteiger charge is -2.23. The maximum atomic E-state index is 12.2.